The van der Waals surface area contributed by atoms with Crippen LogP contribution in [0.2, 0.25) is 6.32 Å². The molecule has 9 heteroatoms. The lowest BCUT2D eigenvalue weighted by atomic mass is 9.43. The highest BCUT2D eigenvalue weighted by Crippen LogP contribution is 2.65. The lowest BCUT2D eigenvalue weighted by Gasteiger charge is -2.64. The Morgan fingerprint density at radius 2 is 1.67 bits per heavy atom. The van der Waals surface area contributed by atoms with Crippen LogP contribution in [0, 0.1) is 24.2 Å². The molecule has 42 heavy (non-hydrogen) atoms. The summed E-state index contributed by atoms with van der Waals surface area (Å²) in [4.78, 5) is 27.5. The van der Waals surface area contributed by atoms with E-state index in [1.165, 1.54) is 6.42 Å². The summed E-state index contributed by atoms with van der Waals surface area (Å²) in [5, 5.41) is 0.307. The van der Waals surface area contributed by atoms with Crippen molar-refractivity contribution in [3.05, 3.63) is 34.4 Å². The minimum Gasteiger partial charge on any atom is -0.456 e. The zero-order valence-electron chi connectivity index (χ0n) is 27.3. The van der Waals surface area contributed by atoms with Gasteiger partial charge < -0.3 is 23.7 Å². The van der Waals surface area contributed by atoms with E-state index in [1.807, 2.05) is 48.5 Å². The molecule has 2 heterocycles. The number of carbonyl (C=O) groups is 2. The maximum atomic E-state index is 13.5. The number of aryl methyl sites for hydroxylation is 1. The Bertz CT molecular complexity index is 1220. The van der Waals surface area contributed by atoms with Gasteiger partial charge in [-0.1, -0.05) is 26.0 Å². The van der Waals surface area contributed by atoms with Crippen LogP contribution in [0.1, 0.15) is 102 Å². The molecule has 1 aromatic rings. The van der Waals surface area contributed by atoms with Crippen molar-refractivity contribution in [2.24, 2.45) is 17.3 Å². The average molecular weight is 600 g/mol. The topological polar surface area (TPSA) is 74.3 Å². The number of esters is 1. The van der Waals surface area contributed by atoms with Crippen molar-refractivity contribution >= 4 is 30.9 Å². The number of likely N-dealkylation sites (tertiary alicyclic amines) is 1. The Kier molecular flexibility index (Phi) is 8.32. The number of thioether (sulfide) groups is 1. The second-order valence-electron chi connectivity index (χ2n) is 15.6. The van der Waals surface area contributed by atoms with Crippen LogP contribution in [-0.4, -0.2) is 65.3 Å². The number of rotatable bonds is 7. The average Bonchev–Trinajstić information content (AvgIpc) is 3.16. The summed E-state index contributed by atoms with van der Waals surface area (Å²) in [5.74, 6) is 1.67. The van der Waals surface area contributed by atoms with Crippen LogP contribution in [0.25, 0.3) is 0 Å². The van der Waals surface area contributed by atoms with Crippen LogP contribution in [0.15, 0.2) is 12.1 Å². The molecule has 0 N–H and O–H groups in total. The van der Waals surface area contributed by atoms with Crippen LogP contribution in [-0.2, 0) is 31.0 Å². The molecule has 6 rings (SSSR count). The summed E-state index contributed by atoms with van der Waals surface area (Å²) >= 11 is 1.77. The van der Waals surface area contributed by atoms with Gasteiger partial charge in [-0.15, -0.1) is 0 Å². The van der Waals surface area contributed by atoms with Gasteiger partial charge in [0.15, 0.2) is 0 Å². The minimum atomic E-state index is -0.586. The Hall–Kier alpha value is -1.71. The molecular weight excluding hydrogens is 549 g/mol. The molecule has 4 atom stereocenters. The number of amides is 1. The van der Waals surface area contributed by atoms with Crippen LogP contribution in [0.3, 0.4) is 0 Å². The molecule has 3 aliphatic carbocycles. The zero-order chi connectivity index (χ0) is 30.8. The molecule has 2 bridgehead atoms. The van der Waals surface area contributed by atoms with Crippen molar-refractivity contribution < 1.29 is 28.4 Å². The predicted octanol–water partition coefficient (Wildman–Crippen LogP) is 7.07. The molecule has 1 amide bonds. The van der Waals surface area contributed by atoms with Crippen molar-refractivity contribution in [2.45, 2.75) is 129 Å². The van der Waals surface area contributed by atoms with Gasteiger partial charge in [0.05, 0.1) is 17.3 Å². The van der Waals surface area contributed by atoms with E-state index < -0.39 is 11.2 Å². The van der Waals surface area contributed by atoms with E-state index in [2.05, 4.69) is 32.9 Å². The summed E-state index contributed by atoms with van der Waals surface area (Å²) in [6, 6.07) is 4.23. The summed E-state index contributed by atoms with van der Waals surface area (Å²) in [6.45, 7) is 21.7. The van der Waals surface area contributed by atoms with E-state index in [0.29, 0.717) is 41.0 Å². The molecule has 3 saturated carbocycles. The van der Waals surface area contributed by atoms with Gasteiger partial charge in [-0.2, -0.15) is 11.8 Å². The van der Waals surface area contributed by atoms with Crippen molar-refractivity contribution in [3.8, 4) is 0 Å². The fraction of sp³-hybridized carbons (Fsp3) is 0.758. The number of hydrogen-bond acceptors (Lipinski definition) is 7. The Morgan fingerprint density at radius 3 is 2.29 bits per heavy atom. The van der Waals surface area contributed by atoms with Gasteiger partial charge in [-0.05, 0) is 115 Å². The quantitative estimate of drug-likeness (QED) is 0.245. The van der Waals surface area contributed by atoms with Gasteiger partial charge in [-0.25, -0.2) is 9.59 Å². The molecule has 0 radical (unpaired) electrons. The fourth-order valence-electron chi connectivity index (χ4n) is 7.39. The molecule has 0 aromatic heterocycles. The highest BCUT2D eigenvalue weighted by atomic mass is 32.2. The SMILES string of the molecule is Cc1c(CCB2OC3CC4CC(C4(C)C)[C@]3(C)O2)ccc(CSC2CN(C(=O)OC(C)(C)C)C2)c1C(=O)OC(C)(C)C. The molecule has 2 aliphatic heterocycles. The maximum Gasteiger partial charge on any atom is 0.457 e. The van der Waals surface area contributed by atoms with E-state index in [9.17, 15) is 9.59 Å². The molecule has 1 aromatic carbocycles. The first-order chi connectivity index (χ1) is 19.4. The van der Waals surface area contributed by atoms with E-state index >= 15 is 0 Å². The van der Waals surface area contributed by atoms with Crippen molar-refractivity contribution in [1.82, 2.24) is 4.90 Å². The van der Waals surface area contributed by atoms with Crippen LogP contribution in [0.4, 0.5) is 4.79 Å². The fourth-order valence-corrected chi connectivity index (χ4v) is 8.62. The van der Waals surface area contributed by atoms with E-state index in [4.69, 9.17) is 18.8 Å². The molecule has 5 aliphatic rings. The number of ether oxygens (including phenoxy) is 2. The molecular formula is C33H50BNO6S. The molecule has 3 unspecified atom stereocenters. The lowest BCUT2D eigenvalue weighted by Crippen LogP contribution is -2.65. The van der Waals surface area contributed by atoms with Crippen molar-refractivity contribution in [2.75, 3.05) is 13.1 Å². The number of nitrogens with zero attached hydrogens (tertiary/aromatic N) is 1. The largest absolute Gasteiger partial charge is 0.457 e. The molecule has 232 valence electrons. The molecule has 5 fully saturated rings. The van der Waals surface area contributed by atoms with Crippen LogP contribution in [0.5, 0.6) is 0 Å². The van der Waals surface area contributed by atoms with Gasteiger partial charge in [0.1, 0.15) is 11.2 Å². The standard InChI is InChI=1S/C33H50BNO6S/c1-20-21(13-14-34-40-26-16-23-15-25(32(23,8)9)33(26,10)41-34)11-12-22(27(20)28(36)38-30(2,3)4)19-42-24-17-35(18-24)29(37)39-31(5,6)7/h11-12,23-26H,13-19H2,1-10H3/t23?,25?,26?,33-/m0/s1. The maximum absolute atomic E-state index is 13.5. The van der Waals surface area contributed by atoms with Gasteiger partial charge >= 0.3 is 19.2 Å². The molecule has 7 nitrogen and oxygen atoms in total. The number of carbonyl (C=O) groups excluding carboxylic acids is 2. The van der Waals surface area contributed by atoms with Gasteiger partial charge in [0.25, 0.3) is 0 Å². The first kappa shape index (κ1) is 31.7. The van der Waals surface area contributed by atoms with Gasteiger partial charge in [0, 0.05) is 24.1 Å². The van der Waals surface area contributed by atoms with E-state index in [0.717, 1.165) is 41.8 Å². The summed E-state index contributed by atoms with van der Waals surface area (Å²) in [6.07, 6.45) is 3.77. The Labute approximate surface area is 257 Å². The van der Waals surface area contributed by atoms with Crippen molar-refractivity contribution in [1.29, 1.82) is 0 Å². The lowest BCUT2D eigenvalue weighted by molar-refractivity contribution is -0.199. The first-order valence-corrected chi connectivity index (χ1v) is 16.7. The normalized spacial score (nSPS) is 28.6. The number of hydrogen-bond donors (Lipinski definition) is 0. The highest BCUT2D eigenvalue weighted by molar-refractivity contribution is 7.99. The second kappa shape index (κ2) is 11.0. The van der Waals surface area contributed by atoms with Crippen molar-refractivity contribution in [3.63, 3.8) is 0 Å². The summed E-state index contributed by atoms with van der Waals surface area (Å²) < 4.78 is 24.5. The predicted molar refractivity (Wildman–Crippen MR) is 168 cm³/mol. The third-order valence-corrected chi connectivity index (χ3v) is 11.1. The van der Waals surface area contributed by atoms with Crippen LogP contribution >= 0.6 is 11.8 Å². The number of benzene rings is 1. The highest BCUT2D eigenvalue weighted by Gasteiger charge is 2.67. The van der Waals surface area contributed by atoms with Gasteiger partial charge in [0.2, 0.25) is 0 Å². The van der Waals surface area contributed by atoms with Gasteiger partial charge in [-0.3, -0.25) is 0 Å². The smallest absolute Gasteiger partial charge is 0.456 e. The minimum absolute atomic E-state index is 0.176. The Morgan fingerprint density at radius 1 is 1.02 bits per heavy atom. The molecule has 2 saturated heterocycles. The second-order valence-corrected chi connectivity index (χ2v) is 16.9. The Balaban J connectivity index is 1.24. The zero-order valence-corrected chi connectivity index (χ0v) is 28.1. The third kappa shape index (κ3) is 6.25. The van der Waals surface area contributed by atoms with E-state index in [-0.39, 0.29) is 30.9 Å². The summed E-state index contributed by atoms with van der Waals surface area (Å²) in [5.41, 5.74) is 2.76. The molecule has 0 spiro atoms. The summed E-state index contributed by atoms with van der Waals surface area (Å²) in [7, 11) is -0.221. The monoisotopic (exact) mass is 599 g/mol. The van der Waals surface area contributed by atoms with E-state index in [1.54, 1.807) is 16.7 Å². The van der Waals surface area contributed by atoms with Crippen LogP contribution < -0.4 is 0 Å². The third-order valence-electron chi connectivity index (χ3n) is 9.89. The first-order valence-electron chi connectivity index (χ1n) is 15.6.